The first-order chi connectivity index (χ1) is 15.9. The van der Waals surface area contributed by atoms with Crippen LogP contribution in [0.25, 0.3) is 11.1 Å². The van der Waals surface area contributed by atoms with E-state index in [1.54, 1.807) is 24.3 Å². The molecule has 0 unspecified atom stereocenters. The molecule has 0 saturated carbocycles. The minimum atomic E-state index is -5.81. The lowest BCUT2D eigenvalue weighted by Gasteiger charge is -2.20. The fourth-order valence-corrected chi connectivity index (χ4v) is 3.19. The Morgan fingerprint density at radius 2 is 1.38 bits per heavy atom. The molecular formula is C24H17F7O3. The van der Waals surface area contributed by atoms with Gasteiger partial charge >= 0.3 is 18.4 Å². The van der Waals surface area contributed by atoms with E-state index in [4.69, 9.17) is 4.74 Å². The second-order valence-electron chi connectivity index (χ2n) is 7.24. The van der Waals surface area contributed by atoms with Crippen LogP contribution in [-0.4, -0.2) is 12.3 Å². The molecular weight excluding hydrogens is 469 g/mol. The van der Waals surface area contributed by atoms with Crippen LogP contribution >= 0.6 is 0 Å². The van der Waals surface area contributed by atoms with Gasteiger partial charge in [0.2, 0.25) is 0 Å². The molecule has 0 radical (unpaired) electrons. The molecule has 10 heteroatoms. The van der Waals surface area contributed by atoms with Crippen LogP contribution in [0.5, 0.6) is 5.75 Å². The third kappa shape index (κ3) is 6.13. The number of rotatable bonds is 7. The Labute approximate surface area is 189 Å². The zero-order chi connectivity index (χ0) is 25.1. The quantitative estimate of drug-likeness (QED) is 0.199. The lowest BCUT2D eigenvalue weighted by molar-refractivity contribution is -0.432. The van der Waals surface area contributed by atoms with Crippen molar-refractivity contribution in [3.63, 3.8) is 0 Å². The van der Waals surface area contributed by atoms with Gasteiger partial charge < -0.3 is 4.74 Å². The number of benzene rings is 3. The van der Waals surface area contributed by atoms with E-state index in [1.165, 1.54) is 24.3 Å². The average Bonchev–Trinajstić information content (AvgIpc) is 2.72. The molecule has 3 nitrogen and oxygen atoms in total. The molecule has 3 aromatic rings. The van der Waals surface area contributed by atoms with Crippen molar-refractivity contribution in [3.8, 4) is 16.9 Å². The van der Waals surface area contributed by atoms with E-state index in [0.717, 1.165) is 18.4 Å². The average molecular weight is 486 g/mol. The van der Waals surface area contributed by atoms with Crippen LogP contribution in [0.3, 0.4) is 0 Å². The maximum absolute atomic E-state index is 14.1. The van der Waals surface area contributed by atoms with E-state index >= 15 is 0 Å². The minimum absolute atomic E-state index is 0.106. The number of hydrogen-bond donors (Lipinski definition) is 0. The van der Waals surface area contributed by atoms with E-state index in [-0.39, 0.29) is 16.9 Å². The molecule has 3 aromatic carbocycles. The summed E-state index contributed by atoms with van der Waals surface area (Å²) in [6, 6.07) is 13.0. The van der Waals surface area contributed by atoms with Crippen LogP contribution in [0, 0.1) is 11.6 Å². The second kappa shape index (κ2) is 9.84. The molecule has 0 aliphatic heterocycles. The summed E-state index contributed by atoms with van der Waals surface area (Å²) in [5, 5.41) is 0. The van der Waals surface area contributed by atoms with Crippen molar-refractivity contribution in [1.82, 2.24) is 0 Å². The highest BCUT2D eigenvalue weighted by atomic mass is 19.4. The summed E-state index contributed by atoms with van der Waals surface area (Å²) >= 11 is 0. The van der Waals surface area contributed by atoms with Gasteiger partial charge in [-0.1, -0.05) is 37.6 Å². The Hall–Kier alpha value is -3.40. The van der Waals surface area contributed by atoms with Gasteiger partial charge in [0.25, 0.3) is 0 Å². The number of esters is 1. The van der Waals surface area contributed by atoms with Crippen LogP contribution in [0.4, 0.5) is 30.7 Å². The van der Waals surface area contributed by atoms with Crippen molar-refractivity contribution in [2.75, 3.05) is 0 Å². The summed E-state index contributed by atoms with van der Waals surface area (Å²) in [7, 11) is 0. The van der Waals surface area contributed by atoms with E-state index in [2.05, 4.69) is 4.74 Å². The predicted molar refractivity (Wildman–Crippen MR) is 108 cm³/mol. The lowest BCUT2D eigenvalue weighted by atomic mass is 10.0. The van der Waals surface area contributed by atoms with Gasteiger partial charge in [-0.25, -0.2) is 18.3 Å². The maximum atomic E-state index is 14.1. The number of hydrogen-bond acceptors (Lipinski definition) is 3. The highest BCUT2D eigenvalue weighted by molar-refractivity contribution is 5.91. The van der Waals surface area contributed by atoms with Crippen LogP contribution in [-0.2, 0) is 17.3 Å². The topological polar surface area (TPSA) is 35.5 Å². The summed E-state index contributed by atoms with van der Waals surface area (Å²) in [4.78, 5) is 12.3. The monoisotopic (exact) mass is 486 g/mol. The Balaban J connectivity index is 1.77. The molecule has 0 aliphatic carbocycles. The van der Waals surface area contributed by atoms with Crippen LogP contribution < -0.4 is 4.74 Å². The van der Waals surface area contributed by atoms with Gasteiger partial charge in [0.05, 0.1) is 5.56 Å². The number of alkyl halides is 5. The first-order valence-electron chi connectivity index (χ1n) is 9.95. The summed E-state index contributed by atoms with van der Waals surface area (Å²) in [6.45, 7) is 2.03. The molecule has 0 bridgehead atoms. The molecule has 0 N–H and O–H groups in total. The van der Waals surface area contributed by atoms with Crippen LogP contribution in [0.15, 0.2) is 60.7 Å². The fourth-order valence-electron chi connectivity index (χ4n) is 3.19. The SMILES string of the molecule is CCCc1ccc(C(=O)Oc2ccc(-c3cc(F)c(C(F)(F)OC(F)(F)F)c(F)c3)cc2)cc1. The van der Waals surface area contributed by atoms with Gasteiger partial charge in [-0.2, -0.15) is 8.78 Å². The number of aryl methyl sites for hydroxylation is 1. The van der Waals surface area contributed by atoms with Crippen molar-refractivity contribution in [2.45, 2.75) is 32.2 Å². The summed E-state index contributed by atoms with van der Waals surface area (Å²) in [5.41, 5.74) is -0.884. The van der Waals surface area contributed by atoms with Gasteiger partial charge in [-0.15, -0.1) is 13.2 Å². The zero-order valence-electron chi connectivity index (χ0n) is 17.6. The Morgan fingerprint density at radius 1 is 0.824 bits per heavy atom. The number of carbonyl (C=O) groups is 1. The lowest BCUT2D eigenvalue weighted by Crippen LogP contribution is -2.29. The maximum Gasteiger partial charge on any atom is 0.527 e. The zero-order valence-corrected chi connectivity index (χ0v) is 17.6. The third-order valence-electron chi connectivity index (χ3n) is 4.70. The normalized spacial score (nSPS) is 12.0. The number of carbonyl (C=O) groups excluding carboxylic acids is 1. The first-order valence-corrected chi connectivity index (χ1v) is 9.95. The largest absolute Gasteiger partial charge is 0.527 e. The Kier molecular flexibility index (Phi) is 7.30. The van der Waals surface area contributed by atoms with Gasteiger partial charge in [0.1, 0.15) is 22.9 Å². The second-order valence-corrected chi connectivity index (χ2v) is 7.24. The molecule has 3 rings (SSSR count). The standard InChI is InChI=1S/C24H17F7O3/c1-2-3-14-4-6-16(7-5-14)22(32)33-18-10-8-15(9-11-18)17-12-19(25)21(20(26)13-17)23(27,28)34-24(29,30)31/h4-13H,2-3H2,1H3. The molecule has 0 aromatic heterocycles. The summed E-state index contributed by atoms with van der Waals surface area (Å²) in [5.74, 6) is -4.38. The van der Waals surface area contributed by atoms with E-state index in [0.29, 0.717) is 17.7 Å². The molecule has 0 fully saturated rings. The smallest absolute Gasteiger partial charge is 0.423 e. The van der Waals surface area contributed by atoms with Gasteiger partial charge in [0.15, 0.2) is 0 Å². The Morgan fingerprint density at radius 3 is 1.88 bits per heavy atom. The predicted octanol–water partition coefficient (Wildman–Crippen LogP) is 7.39. The molecule has 180 valence electrons. The third-order valence-corrected chi connectivity index (χ3v) is 4.70. The molecule has 0 amide bonds. The van der Waals surface area contributed by atoms with Crippen molar-refractivity contribution in [2.24, 2.45) is 0 Å². The van der Waals surface area contributed by atoms with Crippen molar-refractivity contribution in [1.29, 1.82) is 0 Å². The summed E-state index contributed by atoms with van der Waals surface area (Å²) in [6.07, 6.45) is -9.26. The molecule has 0 heterocycles. The number of halogens is 7. The molecule has 34 heavy (non-hydrogen) atoms. The molecule has 0 spiro atoms. The van der Waals surface area contributed by atoms with Crippen LogP contribution in [0.1, 0.15) is 34.8 Å². The van der Waals surface area contributed by atoms with Gasteiger partial charge in [0, 0.05) is 0 Å². The van der Waals surface area contributed by atoms with Crippen molar-refractivity contribution in [3.05, 3.63) is 89.0 Å². The minimum Gasteiger partial charge on any atom is -0.423 e. The highest BCUT2D eigenvalue weighted by Crippen LogP contribution is 2.40. The van der Waals surface area contributed by atoms with E-state index in [9.17, 15) is 35.5 Å². The summed E-state index contributed by atoms with van der Waals surface area (Å²) < 4.78 is 99.8. The van der Waals surface area contributed by atoms with Crippen molar-refractivity contribution >= 4 is 5.97 Å². The van der Waals surface area contributed by atoms with E-state index < -0.39 is 35.6 Å². The fraction of sp³-hybridized carbons (Fsp3) is 0.208. The molecule has 0 saturated heterocycles. The molecule has 0 atom stereocenters. The van der Waals surface area contributed by atoms with Gasteiger partial charge in [-0.05, 0) is 59.5 Å². The van der Waals surface area contributed by atoms with Crippen molar-refractivity contribution < 1.29 is 45.0 Å². The van der Waals surface area contributed by atoms with E-state index in [1.807, 2.05) is 6.92 Å². The Bertz CT molecular complexity index is 1130. The van der Waals surface area contributed by atoms with Crippen LogP contribution in [0.2, 0.25) is 0 Å². The molecule has 0 aliphatic rings. The van der Waals surface area contributed by atoms with Gasteiger partial charge in [-0.3, -0.25) is 0 Å². The number of ether oxygens (including phenoxy) is 2. The first kappa shape index (κ1) is 25.2. The highest BCUT2D eigenvalue weighted by Gasteiger charge is 2.49.